The Kier molecular flexibility index (Phi) is 9.90. The Morgan fingerprint density at radius 3 is 1.83 bits per heavy atom. The van der Waals surface area contributed by atoms with Crippen LogP contribution in [-0.4, -0.2) is 46.7 Å². The van der Waals surface area contributed by atoms with E-state index in [4.69, 9.17) is 10.2 Å². The summed E-state index contributed by atoms with van der Waals surface area (Å²) in [6.07, 6.45) is 0.558. The van der Waals surface area contributed by atoms with Gasteiger partial charge in [0.1, 0.15) is 0 Å². The van der Waals surface area contributed by atoms with Crippen LogP contribution >= 0.6 is 0 Å². The predicted molar refractivity (Wildman–Crippen MR) is 92.4 cm³/mol. The maximum atomic E-state index is 11.1. The number of benzene rings is 1. The van der Waals surface area contributed by atoms with E-state index in [-0.39, 0.29) is 17.0 Å². The monoisotopic (exact) mass is 323 g/mol. The van der Waals surface area contributed by atoms with E-state index in [0.717, 1.165) is 0 Å². The molecule has 0 aliphatic rings. The van der Waals surface area contributed by atoms with Crippen molar-refractivity contribution in [2.24, 2.45) is 5.92 Å². The van der Waals surface area contributed by atoms with Crippen LogP contribution in [0.15, 0.2) is 18.2 Å². The Bertz CT molecular complexity index is 502. The third kappa shape index (κ3) is 7.28. The first-order valence-corrected chi connectivity index (χ1v) is 8.09. The zero-order chi connectivity index (χ0) is 18.0. The van der Waals surface area contributed by atoms with Crippen molar-refractivity contribution in [3.8, 4) is 0 Å². The summed E-state index contributed by atoms with van der Waals surface area (Å²) in [4.78, 5) is 24.3. The number of carboxylic acids is 2. The molecule has 0 aliphatic heterocycles. The van der Waals surface area contributed by atoms with Crippen molar-refractivity contribution in [2.75, 3.05) is 19.6 Å². The molecule has 1 aromatic rings. The molecule has 0 fully saturated rings. The first kappa shape index (κ1) is 21.1. The highest BCUT2D eigenvalue weighted by atomic mass is 16.4. The molecule has 5 heteroatoms. The Morgan fingerprint density at radius 2 is 1.52 bits per heavy atom. The molecule has 0 aliphatic carbocycles. The SMILES string of the molecule is CC(C)Cc1cccc(C(=O)O)c1C(=O)O.CCN(CC)CC. The minimum absolute atomic E-state index is 0.0938. The van der Waals surface area contributed by atoms with Crippen LogP contribution in [0.5, 0.6) is 0 Å². The average molecular weight is 323 g/mol. The molecule has 0 atom stereocenters. The van der Waals surface area contributed by atoms with E-state index in [1.807, 2.05) is 13.8 Å². The number of nitrogens with zero attached hydrogens (tertiary/aromatic N) is 1. The highest BCUT2D eigenvalue weighted by Crippen LogP contribution is 2.18. The molecule has 5 nitrogen and oxygen atoms in total. The Labute approximate surface area is 138 Å². The van der Waals surface area contributed by atoms with Crippen LogP contribution in [0, 0.1) is 5.92 Å². The first-order chi connectivity index (χ1) is 10.8. The second-order valence-corrected chi connectivity index (χ2v) is 5.67. The molecule has 1 aromatic carbocycles. The van der Waals surface area contributed by atoms with E-state index in [1.54, 1.807) is 12.1 Å². The summed E-state index contributed by atoms with van der Waals surface area (Å²) in [7, 11) is 0. The van der Waals surface area contributed by atoms with Crippen molar-refractivity contribution < 1.29 is 19.8 Å². The molecule has 0 saturated heterocycles. The van der Waals surface area contributed by atoms with Crippen LogP contribution < -0.4 is 0 Å². The summed E-state index contributed by atoms with van der Waals surface area (Å²) in [5, 5.41) is 18.0. The van der Waals surface area contributed by atoms with Gasteiger partial charge in [-0.2, -0.15) is 0 Å². The van der Waals surface area contributed by atoms with E-state index in [1.165, 1.54) is 25.7 Å². The smallest absolute Gasteiger partial charge is 0.336 e. The zero-order valence-electron chi connectivity index (χ0n) is 14.8. The summed E-state index contributed by atoms with van der Waals surface area (Å²) in [5.41, 5.74) is 0.330. The molecule has 0 amide bonds. The van der Waals surface area contributed by atoms with Gasteiger partial charge in [0.15, 0.2) is 0 Å². The van der Waals surface area contributed by atoms with Crippen molar-refractivity contribution in [3.63, 3.8) is 0 Å². The maximum absolute atomic E-state index is 11.1. The van der Waals surface area contributed by atoms with Crippen LogP contribution in [0.2, 0.25) is 0 Å². The van der Waals surface area contributed by atoms with Crippen LogP contribution in [0.25, 0.3) is 0 Å². The van der Waals surface area contributed by atoms with Gasteiger partial charge in [0.25, 0.3) is 0 Å². The molecule has 2 N–H and O–H groups in total. The number of rotatable bonds is 7. The van der Waals surface area contributed by atoms with Crippen LogP contribution in [0.4, 0.5) is 0 Å². The lowest BCUT2D eigenvalue weighted by Gasteiger charge is -2.13. The highest BCUT2D eigenvalue weighted by molar-refractivity contribution is 6.02. The van der Waals surface area contributed by atoms with Crippen LogP contribution in [0.1, 0.15) is 60.9 Å². The average Bonchev–Trinajstić information content (AvgIpc) is 2.48. The molecule has 1 rings (SSSR count). The molecule has 0 spiro atoms. The first-order valence-electron chi connectivity index (χ1n) is 8.09. The van der Waals surface area contributed by atoms with Crippen molar-refractivity contribution in [3.05, 3.63) is 34.9 Å². The lowest BCUT2D eigenvalue weighted by molar-refractivity contribution is 0.0650. The van der Waals surface area contributed by atoms with Gasteiger partial charge in [-0.3, -0.25) is 0 Å². The summed E-state index contributed by atoms with van der Waals surface area (Å²) < 4.78 is 0. The maximum Gasteiger partial charge on any atom is 0.336 e. The van der Waals surface area contributed by atoms with Gasteiger partial charge in [-0.05, 0) is 43.6 Å². The van der Waals surface area contributed by atoms with Gasteiger partial charge in [-0.1, -0.05) is 46.8 Å². The van der Waals surface area contributed by atoms with Gasteiger partial charge >= 0.3 is 11.9 Å². The van der Waals surface area contributed by atoms with E-state index in [9.17, 15) is 9.59 Å². The molecule has 0 radical (unpaired) electrons. The highest BCUT2D eigenvalue weighted by Gasteiger charge is 2.19. The van der Waals surface area contributed by atoms with E-state index < -0.39 is 11.9 Å². The largest absolute Gasteiger partial charge is 0.478 e. The molecule has 0 bridgehead atoms. The normalized spacial score (nSPS) is 10.4. The van der Waals surface area contributed by atoms with Crippen molar-refractivity contribution >= 4 is 11.9 Å². The van der Waals surface area contributed by atoms with Gasteiger partial charge < -0.3 is 15.1 Å². The predicted octanol–water partition coefficient (Wildman–Crippen LogP) is 3.63. The number of hydrogen-bond acceptors (Lipinski definition) is 3. The third-order valence-corrected chi connectivity index (χ3v) is 3.56. The van der Waals surface area contributed by atoms with Crippen molar-refractivity contribution in [2.45, 2.75) is 41.0 Å². The summed E-state index contributed by atoms with van der Waals surface area (Å²) >= 11 is 0. The van der Waals surface area contributed by atoms with Crippen molar-refractivity contribution in [1.82, 2.24) is 4.90 Å². The Morgan fingerprint density at radius 1 is 1.00 bits per heavy atom. The molecule has 0 heterocycles. The van der Waals surface area contributed by atoms with E-state index in [2.05, 4.69) is 25.7 Å². The zero-order valence-corrected chi connectivity index (χ0v) is 14.8. The second kappa shape index (κ2) is 10.8. The fourth-order valence-electron chi connectivity index (χ4n) is 2.31. The standard InChI is InChI=1S/C12H14O4.C6H15N/c1-7(2)6-8-4-3-5-9(11(13)14)10(8)12(15)16;1-4-7(5-2)6-3/h3-5,7H,6H2,1-2H3,(H,13,14)(H,15,16);4-6H2,1-3H3. The van der Waals surface area contributed by atoms with E-state index >= 15 is 0 Å². The van der Waals surface area contributed by atoms with Gasteiger partial charge in [0.05, 0.1) is 11.1 Å². The number of carbonyl (C=O) groups is 2. The van der Waals surface area contributed by atoms with Crippen molar-refractivity contribution in [1.29, 1.82) is 0 Å². The quantitative estimate of drug-likeness (QED) is 0.801. The second-order valence-electron chi connectivity index (χ2n) is 5.67. The summed E-state index contributed by atoms with van der Waals surface area (Å²) in [5.74, 6) is -2.11. The van der Waals surface area contributed by atoms with Gasteiger partial charge in [0.2, 0.25) is 0 Å². The number of aromatic carboxylic acids is 2. The fourth-order valence-corrected chi connectivity index (χ4v) is 2.31. The van der Waals surface area contributed by atoms with E-state index in [0.29, 0.717) is 12.0 Å². The summed E-state index contributed by atoms with van der Waals surface area (Å²) in [6, 6.07) is 4.55. The van der Waals surface area contributed by atoms with Crippen LogP contribution in [-0.2, 0) is 6.42 Å². The molecule has 130 valence electrons. The minimum Gasteiger partial charge on any atom is -0.478 e. The molecular formula is C18H29NO4. The summed E-state index contributed by atoms with van der Waals surface area (Å²) in [6.45, 7) is 14.0. The molecule has 0 aromatic heterocycles. The fraction of sp³-hybridized carbons (Fsp3) is 0.556. The topological polar surface area (TPSA) is 77.8 Å². The van der Waals surface area contributed by atoms with Gasteiger partial charge in [-0.25, -0.2) is 9.59 Å². The number of carboxylic acid groups (broad SMARTS) is 2. The Balaban J connectivity index is 0.000000585. The van der Waals surface area contributed by atoms with Gasteiger partial charge in [0, 0.05) is 0 Å². The Hall–Kier alpha value is -1.88. The van der Waals surface area contributed by atoms with Gasteiger partial charge in [-0.15, -0.1) is 0 Å². The minimum atomic E-state index is -1.21. The molecule has 23 heavy (non-hydrogen) atoms. The lowest BCUT2D eigenvalue weighted by atomic mass is 9.94. The molecule has 0 unspecified atom stereocenters. The number of hydrogen-bond donors (Lipinski definition) is 2. The molecule has 0 saturated carbocycles. The van der Waals surface area contributed by atoms with Crippen LogP contribution in [0.3, 0.4) is 0 Å². The molecular weight excluding hydrogens is 294 g/mol. The lowest BCUT2D eigenvalue weighted by Crippen LogP contribution is -2.21. The third-order valence-electron chi connectivity index (χ3n) is 3.56.